The Morgan fingerprint density at radius 3 is 2.58 bits per heavy atom. The summed E-state index contributed by atoms with van der Waals surface area (Å²) in [6.45, 7) is 4.32. The van der Waals surface area contributed by atoms with Gasteiger partial charge in [0.05, 0.1) is 29.5 Å². The first-order valence-corrected chi connectivity index (χ1v) is 15.8. The molecule has 0 bridgehead atoms. The van der Waals surface area contributed by atoms with Gasteiger partial charge in [0.2, 0.25) is 0 Å². The summed E-state index contributed by atoms with van der Waals surface area (Å²) in [5.74, 6) is 0.594. The van der Waals surface area contributed by atoms with Gasteiger partial charge in [0.1, 0.15) is 24.1 Å². The van der Waals surface area contributed by atoms with Crippen LogP contribution < -0.4 is 24.4 Å². The van der Waals surface area contributed by atoms with Crippen molar-refractivity contribution in [3.05, 3.63) is 124 Å². The number of nitrogens with zero attached hydrogens (tertiary/aromatic N) is 2. The van der Waals surface area contributed by atoms with E-state index in [0.717, 1.165) is 22.0 Å². The molecule has 7 nitrogen and oxygen atoms in total. The summed E-state index contributed by atoms with van der Waals surface area (Å²) in [5, 5.41) is 0.449. The van der Waals surface area contributed by atoms with Gasteiger partial charge in [0.15, 0.2) is 4.80 Å². The maximum Gasteiger partial charge on any atom is 0.338 e. The molecule has 1 atom stereocenters. The number of aromatic nitrogens is 1. The first-order chi connectivity index (χ1) is 20.8. The van der Waals surface area contributed by atoms with Crippen LogP contribution in [-0.2, 0) is 16.1 Å². The van der Waals surface area contributed by atoms with E-state index in [1.165, 1.54) is 11.3 Å². The fourth-order valence-electron chi connectivity index (χ4n) is 4.97. The number of halogens is 2. The molecule has 2 heterocycles. The molecule has 5 rings (SSSR count). The Balaban J connectivity index is 1.71. The minimum atomic E-state index is -0.844. The number of ether oxygens (including phenoxy) is 3. The number of allylic oxidation sites excluding steroid dienone is 1. The fraction of sp³-hybridized carbons (Fsp3) is 0.242. The van der Waals surface area contributed by atoms with Crippen LogP contribution >= 0.6 is 38.9 Å². The summed E-state index contributed by atoms with van der Waals surface area (Å²) >= 11 is 11.2. The smallest absolute Gasteiger partial charge is 0.338 e. The van der Waals surface area contributed by atoms with E-state index in [0.29, 0.717) is 55.7 Å². The lowest BCUT2D eigenvalue weighted by atomic mass is 9.93. The van der Waals surface area contributed by atoms with Crippen LogP contribution in [0, 0.1) is 0 Å². The van der Waals surface area contributed by atoms with Crippen molar-refractivity contribution in [2.75, 3.05) is 13.7 Å². The van der Waals surface area contributed by atoms with Crippen LogP contribution in [0.5, 0.6) is 11.5 Å². The van der Waals surface area contributed by atoms with Crippen molar-refractivity contribution in [3.8, 4) is 11.5 Å². The largest absolute Gasteiger partial charge is 0.496 e. The van der Waals surface area contributed by atoms with E-state index >= 15 is 0 Å². The lowest BCUT2D eigenvalue weighted by Crippen LogP contribution is -2.40. The highest BCUT2D eigenvalue weighted by atomic mass is 79.9. The Bertz CT molecular complexity index is 1870. The Hall–Kier alpha value is -3.66. The Morgan fingerprint density at radius 1 is 1.09 bits per heavy atom. The summed E-state index contributed by atoms with van der Waals surface area (Å²) in [5.41, 5.74) is 2.91. The summed E-state index contributed by atoms with van der Waals surface area (Å²) in [6.07, 6.45) is 3.08. The van der Waals surface area contributed by atoms with Gasteiger partial charge in [0, 0.05) is 20.6 Å². The molecular formula is C33H30BrClN2O5S. The van der Waals surface area contributed by atoms with E-state index in [4.69, 9.17) is 30.8 Å². The molecule has 0 saturated heterocycles. The van der Waals surface area contributed by atoms with Gasteiger partial charge in [-0.3, -0.25) is 9.36 Å². The number of thiazole rings is 1. The van der Waals surface area contributed by atoms with Crippen LogP contribution in [0.2, 0.25) is 5.02 Å². The number of hydrogen-bond acceptors (Lipinski definition) is 7. The number of fused-ring (bicyclic) bond motifs is 1. The quantitative estimate of drug-likeness (QED) is 0.177. The van der Waals surface area contributed by atoms with E-state index in [1.807, 2.05) is 55.5 Å². The van der Waals surface area contributed by atoms with Crippen LogP contribution in [0.3, 0.4) is 0 Å². The maximum absolute atomic E-state index is 14.2. The molecule has 3 aromatic carbocycles. The summed E-state index contributed by atoms with van der Waals surface area (Å²) in [4.78, 5) is 33.0. The highest BCUT2D eigenvalue weighted by Crippen LogP contribution is 2.38. The maximum atomic E-state index is 14.2. The summed E-state index contributed by atoms with van der Waals surface area (Å²) in [7, 11) is 1.54. The highest BCUT2D eigenvalue weighted by molar-refractivity contribution is 9.10. The first-order valence-electron chi connectivity index (χ1n) is 13.9. The van der Waals surface area contributed by atoms with Gasteiger partial charge in [-0.1, -0.05) is 82.5 Å². The van der Waals surface area contributed by atoms with Gasteiger partial charge < -0.3 is 14.2 Å². The van der Waals surface area contributed by atoms with E-state index < -0.39 is 12.0 Å². The van der Waals surface area contributed by atoms with Crippen molar-refractivity contribution < 1.29 is 19.0 Å². The summed E-state index contributed by atoms with van der Waals surface area (Å²) in [6, 6.07) is 19.9. The molecule has 10 heteroatoms. The van der Waals surface area contributed by atoms with Crippen LogP contribution in [0.1, 0.15) is 49.4 Å². The van der Waals surface area contributed by atoms with E-state index in [9.17, 15) is 9.59 Å². The standard InChI is InChI=1S/C33H30BrClN2O5S/c1-4-9-25-29(32(39)41-5-2)30(24-18-23(35)13-15-27(24)40-3)37-31(38)28(43-33(37)36-25)17-21-16-22(34)12-14-26(21)42-19-20-10-7-6-8-11-20/h6-8,10-18,30H,4-5,9,19H2,1-3H3/b28-17+/t30-/m0/s1. The van der Waals surface area contributed by atoms with Gasteiger partial charge in [-0.25, -0.2) is 9.79 Å². The zero-order valence-electron chi connectivity index (χ0n) is 23.9. The molecule has 222 valence electrons. The van der Waals surface area contributed by atoms with Crippen molar-refractivity contribution >= 4 is 50.9 Å². The average molecular weight is 682 g/mol. The molecule has 0 fully saturated rings. The third kappa shape index (κ3) is 6.64. The number of hydrogen-bond donors (Lipinski definition) is 0. The SMILES string of the molecule is CCCC1=C(C(=O)OCC)[C@H](c2cc(Cl)ccc2OC)n2c(s/c(=C/c3cc(Br)ccc3OCc3ccccc3)c2=O)=N1. The lowest BCUT2D eigenvalue weighted by Gasteiger charge is -2.27. The average Bonchev–Trinajstić information content (AvgIpc) is 3.31. The Morgan fingerprint density at radius 2 is 1.86 bits per heavy atom. The highest BCUT2D eigenvalue weighted by Gasteiger charge is 2.36. The second kappa shape index (κ2) is 13.8. The second-order valence-electron chi connectivity index (χ2n) is 9.76. The van der Waals surface area contributed by atoms with Crippen molar-refractivity contribution in [2.45, 2.75) is 39.3 Å². The van der Waals surface area contributed by atoms with Gasteiger partial charge in [-0.2, -0.15) is 0 Å². The molecule has 43 heavy (non-hydrogen) atoms. The van der Waals surface area contributed by atoms with Crippen molar-refractivity contribution in [1.29, 1.82) is 0 Å². The molecule has 0 unspecified atom stereocenters. The van der Waals surface area contributed by atoms with Crippen LogP contribution in [-0.4, -0.2) is 24.3 Å². The minimum Gasteiger partial charge on any atom is -0.496 e. The first kappa shape index (κ1) is 30.8. The molecule has 1 aliphatic rings. The van der Waals surface area contributed by atoms with Gasteiger partial charge in [-0.15, -0.1) is 0 Å². The molecule has 0 N–H and O–H groups in total. The third-order valence-electron chi connectivity index (χ3n) is 6.87. The fourth-order valence-corrected chi connectivity index (χ4v) is 6.54. The van der Waals surface area contributed by atoms with Gasteiger partial charge in [-0.05, 0) is 61.4 Å². The number of benzene rings is 3. The normalized spacial score (nSPS) is 14.7. The van der Waals surface area contributed by atoms with Crippen LogP contribution in [0.25, 0.3) is 6.08 Å². The molecule has 1 aliphatic heterocycles. The Kier molecular flexibility index (Phi) is 9.85. The van der Waals surface area contributed by atoms with E-state index in [2.05, 4.69) is 15.9 Å². The van der Waals surface area contributed by atoms with Crippen molar-refractivity contribution in [3.63, 3.8) is 0 Å². The van der Waals surface area contributed by atoms with E-state index in [1.54, 1.807) is 42.9 Å². The monoisotopic (exact) mass is 680 g/mol. The molecule has 0 spiro atoms. The molecule has 1 aromatic heterocycles. The number of carbonyl (C=O) groups excluding carboxylic acids is 1. The molecule has 0 amide bonds. The Labute approximate surface area is 266 Å². The van der Waals surface area contributed by atoms with Gasteiger partial charge in [0.25, 0.3) is 5.56 Å². The number of rotatable bonds is 10. The van der Waals surface area contributed by atoms with Crippen molar-refractivity contribution in [1.82, 2.24) is 4.57 Å². The molecule has 0 saturated carbocycles. The van der Waals surface area contributed by atoms with Crippen LogP contribution in [0.15, 0.2) is 92.3 Å². The van der Waals surface area contributed by atoms with E-state index in [-0.39, 0.29) is 12.2 Å². The topological polar surface area (TPSA) is 79.1 Å². The van der Waals surface area contributed by atoms with Crippen LogP contribution in [0.4, 0.5) is 0 Å². The number of esters is 1. The molecule has 0 aliphatic carbocycles. The predicted octanol–water partition coefficient (Wildman–Crippen LogP) is 6.58. The zero-order chi connectivity index (χ0) is 30.5. The molecular weight excluding hydrogens is 652 g/mol. The lowest BCUT2D eigenvalue weighted by molar-refractivity contribution is -0.139. The van der Waals surface area contributed by atoms with Gasteiger partial charge >= 0.3 is 5.97 Å². The third-order valence-corrected chi connectivity index (χ3v) is 8.59. The van der Waals surface area contributed by atoms with Crippen molar-refractivity contribution in [2.24, 2.45) is 4.99 Å². The minimum absolute atomic E-state index is 0.181. The molecule has 4 aromatic rings. The number of carbonyl (C=O) groups is 1. The molecule has 0 radical (unpaired) electrons. The summed E-state index contributed by atoms with van der Waals surface area (Å²) < 4.78 is 20.2. The second-order valence-corrected chi connectivity index (χ2v) is 12.1. The zero-order valence-corrected chi connectivity index (χ0v) is 27.1. The number of methoxy groups -OCH3 is 1. The predicted molar refractivity (Wildman–Crippen MR) is 173 cm³/mol.